The number of carbonyl (C=O) groups excluding carboxylic acids is 1. The molecule has 1 aliphatic heterocycles. The molecule has 0 radical (unpaired) electrons. The third kappa shape index (κ3) is 2.71. The van der Waals surface area contributed by atoms with E-state index in [1.807, 2.05) is 0 Å². The molecule has 0 bridgehead atoms. The predicted octanol–water partition coefficient (Wildman–Crippen LogP) is 3.66. The third-order valence-corrected chi connectivity index (χ3v) is 4.02. The van der Waals surface area contributed by atoms with Crippen molar-refractivity contribution in [1.29, 1.82) is 0 Å². The average molecular weight is 302 g/mol. The number of benzene rings is 1. The molecule has 2 aromatic rings. The summed E-state index contributed by atoms with van der Waals surface area (Å²) in [6.45, 7) is 0.580. The standard InChI is InChI=1S/C17H16F2N2O/c18-15-6-3-5-13(16(15)19)14-4-1-2-11-21(17(14)22)12-7-9-20-10-8-12/h3,5-10,14H,1-2,4,11H2. The van der Waals surface area contributed by atoms with E-state index in [-0.39, 0.29) is 11.5 Å². The number of aromatic nitrogens is 1. The number of amides is 1. The number of anilines is 1. The van der Waals surface area contributed by atoms with Gasteiger partial charge < -0.3 is 4.90 Å². The van der Waals surface area contributed by atoms with Crippen LogP contribution in [0.1, 0.15) is 30.7 Å². The number of nitrogens with zero attached hydrogens (tertiary/aromatic N) is 2. The van der Waals surface area contributed by atoms with Crippen LogP contribution in [0, 0.1) is 11.6 Å². The minimum absolute atomic E-state index is 0.144. The van der Waals surface area contributed by atoms with Gasteiger partial charge in [-0.05, 0) is 31.0 Å². The summed E-state index contributed by atoms with van der Waals surface area (Å²) in [5, 5.41) is 0. The fraction of sp³-hybridized carbons (Fsp3) is 0.294. The van der Waals surface area contributed by atoms with Crippen LogP contribution >= 0.6 is 0 Å². The van der Waals surface area contributed by atoms with E-state index in [2.05, 4.69) is 4.98 Å². The molecule has 0 N–H and O–H groups in total. The molecule has 1 atom stereocenters. The molecule has 3 nitrogen and oxygen atoms in total. The Hall–Kier alpha value is -2.30. The highest BCUT2D eigenvalue weighted by Crippen LogP contribution is 2.32. The van der Waals surface area contributed by atoms with Crippen molar-refractivity contribution in [1.82, 2.24) is 4.98 Å². The van der Waals surface area contributed by atoms with Crippen molar-refractivity contribution in [2.45, 2.75) is 25.2 Å². The lowest BCUT2D eigenvalue weighted by atomic mass is 9.93. The van der Waals surface area contributed by atoms with Gasteiger partial charge in [-0.25, -0.2) is 8.78 Å². The minimum Gasteiger partial charge on any atom is -0.312 e. The van der Waals surface area contributed by atoms with E-state index < -0.39 is 17.6 Å². The Morgan fingerprint density at radius 1 is 1.09 bits per heavy atom. The molecule has 0 aliphatic carbocycles. The number of hydrogen-bond donors (Lipinski definition) is 0. The van der Waals surface area contributed by atoms with Crippen LogP contribution in [-0.2, 0) is 4.79 Å². The van der Waals surface area contributed by atoms with Crippen molar-refractivity contribution >= 4 is 11.6 Å². The normalized spacial score (nSPS) is 19.1. The van der Waals surface area contributed by atoms with Gasteiger partial charge in [0.1, 0.15) is 0 Å². The Kier molecular flexibility index (Phi) is 4.13. The van der Waals surface area contributed by atoms with Crippen LogP contribution in [0.5, 0.6) is 0 Å². The van der Waals surface area contributed by atoms with Crippen molar-refractivity contribution in [3.05, 3.63) is 59.9 Å². The molecule has 1 aliphatic rings. The minimum atomic E-state index is -0.919. The summed E-state index contributed by atoms with van der Waals surface area (Å²) < 4.78 is 27.5. The highest BCUT2D eigenvalue weighted by atomic mass is 19.2. The summed E-state index contributed by atoms with van der Waals surface area (Å²) in [6, 6.07) is 7.52. The Morgan fingerprint density at radius 2 is 1.86 bits per heavy atom. The van der Waals surface area contributed by atoms with E-state index in [4.69, 9.17) is 0 Å². The third-order valence-electron chi connectivity index (χ3n) is 4.02. The van der Waals surface area contributed by atoms with Gasteiger partial charge >= 0.3 is 0 Å². The second kappa shape index (κ2) is 6.22. The molecule has 22 heavy (non-hydrogen) atoms. The summed E-state index contributed by atoms with van der Waals surface area (Å²) in [5.74, 6) is -2.66. The summed E-state index contributed by atoms with van der Waals surface area (Å²) >= 11 is 0. The Balaban J connectivity index is 1.98. The lowest BCUT2D eigenvalue weighted by molar-refractivity contribution is -0.119. The second-order valence-electron chi connectivity index (χ2n) is 5.39. The molecule has 1 unspecified atom stereocenters. The van der Waals surface area contributed by atoms with Gasteiger partial charge in [-0.3, -0.25) is 9.78 Å². The zero-order chi connectivity index (χ0) is 15.5. The number of pyridine rings is 1. The van der Waals surface area contributed by atoms with E-state index in [1.54, 1.807) is 29.4 Å². The molecule has 1 amide bonds. The van der Waals surface area contributed by atoms with E-state index in [0.717, 1.165) is 24.6 Å². The number of hydrogen-bond acceptors (Lipinski definition) is 2. The van der Waals surface area contributed by atoms with Gasteiger partial charge in [0.15, 0.2) is 11.6 Å². The fourth-order valence-corrected chi connectivity index (χ4v) is 2.90. The topological polar surface area (TPSA) is 33.2 Å². The van der Waals surface area contributed by atoms with Crippen LogP contribution in [0.3, 0.4) is 0 Å². The number of rotatable bonds is 2. The van der Waals surface area contributed by atoms with Crippen LogP contribution in [0.4, 0.5) is 14.5 Å². The van der Waals surface area contributed by atoms with Gasteiger partial charge in [0, 0.05) is 30.2 Å². The predicted molar refractivity (Wildman–Crippen MR) is 79.5 cm³/mol. The quantitative estimate of drug-likeness (QED) is 0.848. The first-order chi connectivity index (χ1) is 10.7. The van der Waals surface area contributed by atoms with Crippen LogP contribution in [0.25, 0.3) is 0 Å². The molecule has 0 spiro atoms. The lowest BCUT2D eigenvalue weighted by Gasteiger charge is -2.24. The van der Waals surface area contributed by atoms with Crippen molar-refractivity contribution in [2.75, 3.05) is 11.4 Å². The molecule has 1 saturated heterocycles. The molecular weight excluding hydrogens is 286 g/mol. The molecule has 5 heteroatoms. The summed E-state index contributed by atoms with van der Waals surface area (Å²) in [6.07, 6.45) is 5.40. The zero-order valence-electron chi connectivity index (χ0n) is 12.0. The second-order valence-corrected chi connectivity index (χ2v) is 5.39. The maximum Gasteiger partial charge on any atom is 0.234 e. The monoisotopic (exact) mass is 302 g/mol. The summed E-state index contributed by atoms with van der Waals surface area (Å²) in [4.78, 5) is 18.4. The fourth-order valence-electron chi connectivity index (χ4n) is 2.90. The average Bonchev–Trinajstić information content (AvgIpc) is 2.73. The first-order valence-electron chi connectivity index (χ1n) is 7.34. The van der Waals surface area contributed by atoms with Gasteiger partial charge in [-0.15, -0.1) is 0 Å². The molecule has 3 rings (SSSR count). The Bertz CT molecular complexity index is 676. The van der Waals surface area contributed by atoms with Crippen LogP contribution in [0.2, 0.25) is 0 Å². The maximum atomic E-state index is 14.1. The van der Waals surface area contributed by atoms with E-state index >= 15 is 0 Å². The lowest BCUT2D eigenvalue weighted by Crippen LogP contribution is -2.34. The first kappa shape index (κ1) is 14.6. The summed E-state index contributed by atoms with van der Waals surface area (Å²) in [5.41, 5.74) is 0.884. The van der Waals surface area contributed by atoms with Crippen LogP contribution in [-0.4, -0.2) is 17.4 Å². The van der Waals surface area contributed by atoms with Crippen molar-refractivity contribution < 1.29 is 13.6 Å². The largest absolute Gasteiger partial charge is 0.312 e. The molecule has 2 heterocycles. The smallest absolute Gasteiger partial charge is 0.234 e. The Labute approximate surface area is 127 Å². The van der Waals surface area contributed by atoms with Crippen molar-refractivity contribution in [3.63, 3.8) is 0 Å². The molecular formula is C17H16F2N2O. The van der Waals surface area contributed by atoms with E-state index in [9.17, 15) is 13.6 Å². The molecule has 1 fully saturated rings. The molecule has 1 aromatic heterocycles. The van der Waals surface area contributed by atoms with Crippen molar-refractivity contribution in [2.24, 2.45) is 0 Å². The highest BCUT2D eigenvalue weighted by Gasteiger charge is 2.31. The van der Waals surface area contributed by atoms with E-state index in [1.165, 1.54) is 12.1 Å². The number of halogens is 2. The van der Waals surface area contributed by atoms with Gasteiger partial charge in [-0.2, -0.15) is 0 Å². The molecule has 114 valence electrons. The molecule has 0 saturated carbocycles. The van der Waals surface area contributed by atoms with Crippen molar-refractivity contribution in [3.8, 4) is 0 Å². The van der Waals surface area contributed by atoms with Crippen LogP contribution in [0.15, 0.2) is 42.7 Å². The van der Waals surface area contributed by atoms with Gasteiger partial charge in [0.2, 0.25) is 5.91 Å². The van der Waals surface area contributed by atoms with Gasteiger partial charge in [-0.1, -0.05) is 18.6 Å². The highest BCUT2D eigenvalue weighted by molar-refractivity contribution is 5.98. The maximum absolute atomic E-state index is 14.1. The Morgan fingerprint density at radius 3 is 2.64 bits per heavy atom. The first-order valence-corrected chi connectivity index (χ1v) is 7.34. The van der Waals surface area contributed by atoms with Crippen LogP contribution < -0.4 is 4.90 Å². The van der Waals surface area contributed by atoms with Gasteiger partial charge in [0.25, 0.3) is 0 Å². The van der Waals surface area contributed by atoms with Gasteiger partial charge in [0.05, 0.1) is 5.92 Å². The SMILES string of the molecule is O=C1C(c2cccc(F)c2F)CCCCN1c1ccncc1. The number of carbonyl (C=O) groups is 1. The van der Waals surface area contributed by atoms with E-state index in [0.29, 0.717) is 13.0 Å². The summed E-state index contributed by atoms with van der Waals surface area (Å²) in [7, 11) is 0. The molecule has 1 aromatic carbocycles. The zero-order valence-corrected chi connectivity index (χ0v) is 12.0.